The molecule has 0 spiro atoms. The fourth-order valence-corrected chi connectivity index (χ4v) is 4.38. The summed E-state index contributed by atoms with van der Waals surface area (Å²) in [4.78, 5) is 0. The van der Waals surface area contributed by atoms with Crippen molar-refractivity contribution in [1.29, 1.82) is 0 Å². The lowest BCUT2D eigenvalue weighted by Gasteiger charge is -2.09. The maximum Gasteiger partial charge on any atom is 0.134 e. The first kappa shape index (κ1) is 20.1. The van der Waals surface area contributed by atoms with E-state index in [-0.39, 0.29) is 0 Å². The van der Waals surface area contributed by atoms with Gasteiger partial charge in [-0.05, 0) is 52.4 Å². The van der Waals surface area contributed by atoms with Crippen molar-refractivity contribution >= 4 is 11.0 Å². The van der Waals surface area contributed by atoms with Crippen molar-refractivity contribution in [3.8, 4) is 28.0 Å². The van der Waals surface area contributed by atoms with Gasteiger partial charge < -0.3 is 9.52 Å². The smallest absolute Gasteiger partial charge is 0.134 e. The van der Waals surface area contributed by atoms with E-state index in [1.807, 2.05) is 24.3 Å². The van der Waals surface area contributed by atoms with Gasteiger partial charge in [0.2, 0.25) is 0 Å². The summed E-state index contributed by atoms with van der Waals surface area (Å²) in [5, 5.41) is 11.3. The Morgan fingerprint density at radius 2 is 1.41 bits per heavy atom. The Hall–Kier alpha value is -3.78. The van der Waals surface area contributed by atoms with Crippen LogP contribution in [-0.2, 0) is 12.8 Å². The molecule has 4 aromatic carbocycles. The van der Waals surface area contributed by atoms with E-state index < -0.39 is 0 Å². The lowest BCUT2D eigenvalue weighted by atomic mass is 9.95. The van der Waals surface area contributed by atoms with Gasteiger partial charge in [-0.3, -0.25) is 0 Å². The second-order valence-corrected chi connectivity index (χ2v) is 8.23. The summed E-state index contributed by atoms with van der Waals surface area (Å²) in [7, 11) is 0. The number of benzene rings is 4. The molecule has 1 N–H and O–H groups in total. The highest BCUT2D eigenvalue weighted by Gasteiger charge is 2.16. The molecular weight excluding hydrogens is 392 g/mol. The average Bonchev–Trinajstić information content (AvgIpc) is 3.19. The molecule has 32 heavy (non-hydrogen) atoms. The number of fused-ring (bicyclic) bond motifs is 1. The van der Waals surface area contributed by atoms with Crippen molar-refractivity contribution in [2.75, 3.05) is 0 Å². The summed E-state index contributed by atoms with van der Waals surface area (Å²) in [6, 6.07) is 33.2. The summed E-state index contributed by atoms with van der Waals surface area (Å²) in [6.45, 7) is 2.13. The Balaban J connectivity index is 1.55. The molecule has 1 aromatic heterocycles. The van der Waals surface area contributed by atoms with Crippen LogP contribution in [0.4, 0.5) is 0 Å². The van der Waals surface area contributed by atoms with Gasteiger partial charge in [0, 0.05) is 17.4 Å². The van der Waals surface area contributed by atoms with Crippen LogP contribution in [0.25, 0.3) is 33.2 Å². The van der Waals surface area contributed by atoms with E-state index in [1.54, 1.807) is 6.07 Å². The van der Waals surface area contributed by atoms with E-state index in [9.17, 15) is 5.11 Å². The molecule has 0 aliphatic carbocycles. The van der Waals surface area contributed by atoms with Gasteiger partial charge >= 0.3 is 0 Å². The van der Waals surface area contributed by atoms with Crippen LogP contribution >= 0.6 is 0 Å². The van der Waals surface area contributed by atoms with Crippen LogP contribution in [0.1, 0.15) is 30.2 Å². The van der Waals surface area contributed by atoms with Crippen molar-refractivity contribution in [3.63, 3.8) is 0 Å². The summed E-state index contributed by atoms with van der Waals surface area (Å²) in [5.41, 5.74) is 7.73. The molecule has 0 bridgehead atoms. The zero-order chi connectivity index (χ0) is 21.9. The SMILES string of the molecule is CCCc1cc(-c2ccc(-c3c(Cc4ccccc4)oc4ccccc34)cc2)ccc1O. The number of phenols is 1. The molecule has 2 heteroatoms. The van der Waals surface area contributed by atoms with Crippen molar-refractivity contribution in [3.05, 3.63) is 114 Å². The van der Waals surface area contributed by atoms with Crippen LogP contribution in [0.15, 0.2) is 101 Å². The van der Waals surface area contributed by atoms with Gasteiger partial charge in [0.1, 0.15) is 17.1 Å². The maximum atomic E-state index is 10.1. The minimum absolute atomic E-state index is 0.377. The highest BCUT2D eigenvalue weighted by molar-refractivity contribution is 5.96. The van der Waals surface area contributed by atoms with E-state index in [0.29, 0.717) is 5.75 Å². The summed E-state index contributed by atoms with van der Waals surface area (Å²) < 4.78 is 6.30. The topological polar surface area (TPSA) is 33.4 Å². The lowest BCUT2D eigenvalue weighted by molar-refractivity contribution is 0.467. The second-order valence-electron chi connectivity index (χ2n) is 8.23. The van der Waals surface area contributed by atoms with Crippen LogP contribution in [0, 0.1) is 0 Å². The number of phenolic OH excluding ortho intramolecular Hbond substituents is 1. The minimum Gasteiger partial charge on any atom is -0.508 e. The molecule has 5 rings (SSSR count). The van der Waals surface area contributed by atoms with Crippen molar-refractivity contribution in [2.45, 2.75) is 26.2 Å². The number of aromatic hydroxyl groups is 1. The third-order valence-electron chi connectivity index (χ3n) is 5.98. The highest BCUT2D eigenvalue weighted by Crippen LogP contribution is 2.37. The predicted molar refractivity (Wildman–Crippen MR) is 132 cm³/mol. The third-order valence-corrected chi connectivity index (χ3v) is 5.98. The first-order valence-electron chi connectivity index (χ1n) is 11.2. The number of rotatable bonds is 6. The molecule has 0 saturated carbocycles. The minimum atomic E-state index is 0.377. The highest BCUT2D eigenvalue weighted by atomic mass is 16.3. The van der Waals surface area contributed by atoms with E-state index in [1.165, 1.54) is 5.56 Å². The van der Waals surface area contributed by atoms with Crippen LogP contribution < -0.4 is 0 Å². The van der Waals surface area contributed by atoms with Crippen LogP contribution in [0.5, 0.6) is 5.75 Å². The Labute approximate surface area is 188 Å². The summed E-state index contributed by atoms with van der Waals surface area (Å²) in [6.07, 6.45) is 2.64. The van der Waals surface area contributed by atoms with Crippen LogP contribution in [-0.4, -0.2) is 5.11 Å². The molecule has 0 fully saturated rings. The molecule has 2 nitrogen and oxygen atoms in total. The summed E-state index contributed by atoms with van der Waals surface area (Å²) in [5.74, 6) is 1.36. The largest absolute Gasteiger partial charge is 0.508 e. The van der Waals surface area contributed by atoms with E-state index in [0.717, 1.165) is 63.8 Å². The monoisotopic (exact) mass is 418 g/mol. The third kappa shape index (κ3) is 3.92. The van der Waals surface area contributed by atoms with Gasteiger partial charge in [-0.25, -0.2) is 0 Å². The number of aryl methyl sites for hydroxylation is 1. The number of hydrogen-bond donors (Lipinski definition) is 1. The van der Waals surface area contributed by atoms with Gasteiger partial charge in [-0.1, -0.05) is 92.2 Å². The van der Waals surface area contributed by atoms with Gasteiger partial charge in [0.25, 0.3) is 0 Å². The number of para-hydroxylation sites is 1. The van der Waals surface area contributed by atoms with Crippen LogP contribution in [0.2, 0.25) is 0 Å². The zero-order valence-corrected chi connectivity index (χ0v) is 18.2. The Morgan fingerprint density at radius 1 is 0.719 bits per heavy atom. The van der Waals surface area contributed by atoms with E-state index in [4.69, 9.17) is 4.42 Å². The molecular formula is C30H26O2. The molecule has 1 heterocycles. The molecule has 0 unspecified atom stereocenters. The first-order chi connectivity index (χ1) is 15.7. The summed E-state index contributed by atoms with van der Waals surface area (Å²) >= 11 is 0. The van der Waals surface area contributed by atoms with Crippen molar-refractivity contribution in [1.82, 2.24) is 0 Å². The van der Waals surface area contributed by atoms with Gasteiger partial charge in [-0.2, -0.15) is 0 Å². The maximum absolute atomic E-state index is 10.1. The molecule has 158 valence electrons. The fraction of sp³-hybridized carbons (Fsp3) is 0.133. The van der Waals surface area contributed by atoms with Gasteiger partial charge in [0.05, 0.1) is 0 Å². The van der Waals surface area contributed by atoms with Gasteiger partial charge in [-0.15, -0.1) is 0 Å². The standard InChI is InChI=1S/C30H26O2/c1-2-8-25-20-24(17-18-27(25)31)22-13-15-23(16-14-22)30-26-11-6-7-12-28(26)32-29(30)19-21-9-4-3-5-10-21/h3-7,9-18,20,31H,2,8,19H2,1H3. The molecule has 0 aliphatic rings. The average molecular weight is 419 g/mol. The lowest BCUT2D eigenvalue weighted by Crippen LogP contribution is -1.89. The molecule has 0 aliphatic heterocycles. The Bertz CT molecular complexity index is 1350. The molecule has 0 amide bonds. The van der Waals surface area contributed by atoms with Gasteiger partial charge in [0.15, 0.2) is 0 Å². The fourth-order valence-electron chi connectivity index (χ4n) is 4.38. The predicted octanol–water partition coefficient (Wildman–Crippen LogP) is 8.02. The molecule has 0 atom stereocenters. The van der Waals surface area contributed by atoms with Crippen LogP contribution in [0.3, 0.4) is 0 Å². The zero-order valence-electron chi connectivity index (χ0n) is 18.2. The Morgan fingerprint density at radius 3 is 2.19 bits per heavy atom. The molecule has 0 saturated heterocycles. The second kappa shape index (κ2) is 8.76. The van der Waals surface area contributed by atoms with E-state index in [2.05, 4.69) is 73.7 Å². The quantitative estimate of drug-likeness (QED) is 0.303. The van der Waals surface area contributed by atoms with E-state index >= 15 is 0 Å². The molecule has 0 radical (unpaired) electrons. The Kier molecular flexibility index (Phi) is 5.51. The molecule has 5 aromatic rings. The first-order valence-corrected chi connectivity index (χ1v) is 11.2. The number of furan rings is 1. The van der Waals surface area contributed by atoms with Crippen molar-refractivity contribution in [2.24, 2.45) is 0 Å². The number of hydrogen-bond acceptors (Lipinski definition) is 2. The van der Waals surface area contributed by atoms with Crippen molar-refractivity contribution < 1.29 is 9.52 Å². The normalized spacial score (nSPS) is 11.2.